The number of hydrogen-bond acceptors (Lipinski definition) is 12. The minimum Gasteiger partial charge on any atom is -0.481 e. The van der Waals surface area contributed by atoms with Crippen LogP contribution in [-0.4, -0.2) is 75.5 Å². The topological polar surface area (TPSA) is 250 Å². The number of nitrogens with one attached hydrogen (secondary N) is 4. The van der Waals surface area contributed by atoms with E-state index >= 15 is 0 Å². The Hall–Kier alpha value is -5.20. The summed E-state index contributed by atoms with van der Waals surface area (Å²) in [7, 11) is 0. The fraction of sp³-hybridized carbons (Fsp3) is 0.535. The molecule has 1 saturated carbocycles. The zero-order chi connectivity index (χ0) is 44.1. The molecule has 1 fully saturated rings. The maximum absolute atomic E-state index is 14.2. The molecule has 6 rings (SSSR count). The first-order valence-corrected chi connectivity index (χ1v) is 21.7. The van der Waals surface area contributed by atoms with E-state index in [4.69, 9.17) is 25.4 Å². The van der Waals surface area contributed by atoms with Crippen LogP contribution < -0.4 is 32.8 Å². The number of fused-ring (bicyclic) bond motifs is 5. The lowest BCUT2D eigenvalue weighted by atomic mass is 9.71. The fourth-order valence-electron chi connectivity index (χ4n) is 8.72. The minimum atomic E-state index is -1.90. The normalized spacial score (nSPS) is 18.6. The number of hydrazine groups is 1. The molecule has 3 amide bonds. The predicted octanol–water partition coefficient (Wildman–Crippen LogP) is 3.58. The average molecular weight is 909 g/mol. The van der Waals surface area contributed by atoms with Gasteiger partial charge in [-0.2, -0.15) is 0 Å². The van der Waals surface area contributed by atoms with Gasteiger partial charge in [0.15, 0.2) is 0 Å². The average Bonchev–Trinajstić information content (AvgIpc) is 3.59. The van der Waals surface area contributed by atoms with Gasteiger partial charge in [0, 0.05) is 40.5 Å². The van der Waals surface area contributed by atoms with Crippen molar-refractivity contribution >= 4 is 62.5 Å². The third-order valence-electron chi connectivity index (χ3n) is 12.1. The van der Waals surface area contributed by atoms with Crippen molar-refractivity contribution in [2.24, 2.45) is 17.2 Å². The summed E-state index contributed by atoms with van der Waals surface area (Å²) >= 11 is 3.59. The van der Waals surface area contributed by atoms with Crippen LogP contribution >= 0.6 is 15.9 Å². The van der Waals surface area contributed by atoms with Crippen molar-refractivity contribution < 1.29 is 43.3 Å². The molecular formula is C43H54BrN7O10. The number of benzene rings is 1. The van der Waals surface area contributed by atoms with Gasteiger partial charge in [0.1, 0.15) is 18.7 Å². The maximum atomic E-state index is 14.2. The lowest BCUT2D eigenvalue weighted by Gasteiger charge is -2.39. The van der Waals surface area contributed by atoms with Crippen LogP contribution in [0.3, 0.4) is 0 Å². The predicted molar refractivity (Wildman–Crippen MR) is 226 cm³/mol. The Balaban J connectivity index is 1.21. The number of esters is 2. The van der Waals surface area contributed by atoms with Crippen LogP contribution in [0.1, 0.15) is 108 Å². The number of aromatic nitrogens is 2. The quantitative estimate of drug-likeness (QED) is 0.0362. The highest BCUT2D eigenvalue weighted by Gasteiger charge is 2.51. The molecule has 7 N–H and O–H groups in total. The van der Waals surface area contributed by atoms with Crippen LogP contribution in [0.5, 0.6) is 0 Å². The Morgan fingerprint density at radius 1 is 1.05 bits per heavy atom. The molecule has 3 atom stereocenters. The third kappa shape index (κ3) is 9.81. The number of carboxylic acid groups (broad SMARTS) is 1. The lowest BCUT2D eigenvalue weighted by Crippen LogP contribution is -2.56. The number of amides is 3. The van der Waals surface area contributed by atoms with E-state index in [1.165, 1.54) is 0 Å². The smallest absolute Gasteiger partial charge is 0.355 e. The summed E-state index contributed by atoms with van der Waals surface area (Å²) in [5, 5.41) is 18.2. The molecule has 328 valence electrons. The number of cyclic esters (lactones) is 1. The summed E-state index contributed by atoms with van der Waals surface area (Å²) in [6, 6.07) is 7.35. The van der Waals surface area contributed by atoms with E-state index in [1.807, 2.05) is 24.3 Å². The number of ether oxygens (including phenoxy) is 2. The zero-order valence-electron chi connectivity index (χ0n) is 34.7. The van der Waals surface area contributed by atoms with Crippen LogP contribution in [-0.2, 0) is 57.0 Å². The molecule has 0 unspecified atom stereocenters. The van der Waals surface area contributed by atoms with E-state index in [2.05, 4.69) is 37.3 Å². The summed E-state index contributed by atoms with van der Waals surface area (Å²) in [4.78, 5) is 97.8. The second-order valence-electron chi connectivity index (χ2n) is 16.6. The Morgan fingerprint density at radius 3 is 2.49 bits per heavy atom. The molecule has 1 aromatic carbocycles. The van der Waals surface area contributed by atoms with Crippen molar-refractivity contribution in [3.05, 3.63) is 61.8 Å². The van der Waals surface area contributed by atoms with Gasteiger partial charge in [-0.25, -0.2) is 9.78 Å². The highest BCUT2D eigenvalue weighted by Crippen LogP contribution is 2.44. The van der Waals surface area contributed by atoms with Crippen LogP contribution in [0.2, 0.25) is 0 Å². The van der Waals surface area contributed by atoms with Crippen LogP contribution in [0, 0.1) is 11.3 Å². The summed E-state index contributed by atoms with van der Waals surface area (Å²) in [5.41, 5.74) is 2.72. The molecule has 3 aromatic rings. The molecule has 0 saturated heterocycles. The molecule has 3 aliphatic rings. The highest BCUT2D eigenvalue weighted by molar-refractivity contribution is 9.10. The number of carbonyl (C=O) groups excluding carboxylic acids is 5. The number of rotatable bonds is 18. The molecule has 0 bridgehead atoms. The second kappa shape index (κ2) is 19.2. The molecule has 61 heavy (non-hydrogen) atoms. The largest absolute Gasteiger partial charge is 0.481 e. The number of nitrogens with zero attached hydrogens (tertiary/aromatic N) is 2. The number of carbonyl (C=O) groups is 6. The van der Waals surface area contributed by atoms with Crippen molar-refractivity contribution in [2.45, 2.75) is 122 Å². The van der Waals surface area contributed by atoms with Crippen LogP contribution in [0.25, 0.3) is 22.3 Å². The summed E-state index contributed by atoms with van der Waals surface area (Å²) in [6.07, 6.45) is 3.43. The monoisotopic (exact) mass is 907 g/mol. The van der Waals surface area contributed by atoms with Gasteiger partial charge >= 0.3 is 17.9 Å². The molecule has 0 radical (unpaired) electrons. The first-order valence-electron chi connectivity index (χ1n) is 20.9. The minimum absolute atomic E-state index is 0.00141. The Labute approximate surface area is 361 Å². The molecule has 4 heterocycles. The van der Waals surface area contributed by atoms with Gasteiger partial charge in [-0.15, -0.1) is 0 Å². The number of pyridine rings is 2. The Morgan fingerprint density at radius 2 is 1.80 bits per heavy atom. The first kappa shape index (κ1) is 45.3. The summed E-state index contributed by atoms with van der Waals surface area (Å²) in [6.45, 7) is 5.57. The van der Waals surface area contributed by atoms with Gasteiger partial charge < -0.3 is 35.1 Å². The number of halogens is 1. The van der Waals surface area contributed by atoms with Crippen LogP contribution in [0.4, 0.5) is 0 Å². The molecular weight excluding hydrogens is 854 g/mol. The molecule has 2 aliphatic heterocycles. The third-order valence-corrected chi connectivity index (χ3v) is 12.8. The van der Waals surface area contributed by atoms with Crippen molar-refractivity contribution in [1.82, 2.24) is 30.9 Å². The number of aliphatic carboxylic acids is 1. The van der Waals surface area contributed by atoms with E-state index in [0.29, 0.717) is 37.2 Å². The van der Waals surface area contributed by atoms with Crippen LogP contribution in [0.15, 0.2) is 39.6 Å². The van der Waals surface area contributed by atoms with Crippen molar-refractivity contribution in [3.8, 4) is 11.4 Å². The van der Waals surface area contributed by atoms with E-state index in [0.717, 1.165) is 40.2 Å². The Kier molecular flexibility index (Phi) is 14.3. The lowest BCUT2D eigenvalue weighted by molar-refractivity contribution is -0.191. The van der Waals surface area contributed by atoms with Crippen molar-refractivity contribution in [3.63, 3.8) is 0 Å². The second-order valence-corrected chi connectivity index (χ2v) is 17.5. The van der Waals surface area contributed by atoms with Gasteiger partial charge in [-0.1, -0.05) is 62.0 Å². The van der Waals surface area contributed by atoms with Gasteiger partial charge in [-0.05, 0) is 67.7 Å². The van der Waals surface area contributed by atoms with E-state index in [-0.39, 0.29) is 68.0 Å². The van der Waals surface area contributed by atoms with Gasteiger partial charge in [0.05, 0.1) is 41.9 Å². The SMILES string of the molecule is CC[C@@]1(OC(=O)CC2(CNC(=O)[C@H](CCCNN)NC(=O)[C@@H](NC(=O)CCC(=O)O)C(C)C)CCCCC2)C(=O)OCc2c1cc1n(c2=O)Cc2cc3c(Br)cccc3nc2-1. The zero-order valence-corrected chi connectivity index (χ0v) is 36.3. The first-order chi connectivity index (χ1) is 29.1. The standard InChI is InChI=1S/C43H54BrN7O10/c1-4-43(28-19-32-37-25(18-26-29(44)10-8-11-30(26)48-37)21-51(32)40(58)27(28)22-60-41(43)59)61-35(55)20-42(15-6-5-7-16-42)23-46-38(56)31(12-9-17-47-45)49-39(57)36(24(2)3)50-33(52)13-14-34(53)54/h8,10-11,18-19,24,31,36,47H,4-7,9,12-17,20-23,45H2,1-3H3,(H,46,56)(H,49,57)(H,50,52)(H,53,54)/t31-,36-,43-/m0/s1. The number of nitrogens with two attached hydrogens (primary N) is 1. The molecule has 18 heteroatoms. The van der Waals surface area contributed by atoms with Crippen molar-refractivity contribution in [1.29, 1.82) is 0 Å². The fourth-order valence-corrected chi connectivity index (χ4v) is 9.19. The summed E-state index contributed by atoms with van der Waals surface area (Å²) < 4.78 is 14.3. The van der Waals surface area contributed by atoms with Gasteiger partial charge in [0.2, 0.25) is 23.3 Å². The number of carboxylic acids is 1. The molecule has 17 nitrogen and oxygen atoms in total. The van der Waals surface area contributed by atoms with E-state index in [1.54, 1.807) is 31.4 Å². The maximum Gasteiger partial charge on any atom is 0.355 e. The van der Waals surface area contributed by atoms with E-state index < -0.39 is 65.1 Å². The van der Waals surface area contributed by atoms with Gasteiger partial charge in [0.25, 0.3) is 5.56 Å². The molecule has 0 spiro atoms. The molecule has 2 aromatic heterocycles. The highest BCUT2D eigenvalue weighted by atomic mass is 79.9. The Bertz CT molecular complexity index is 2270. The molecule has 1 aliphatic carbocycles. The number of hydrogen-bond donors (Lipinski definition) is 6. The van der Waals surface area contributed by atoms with E-state index in [9.17, 15) is 33.6 Å². The van der Waals surface area contributed by atoms with Gasteiger partial charge in [-0.3, -0.25) is 40.0 Å². The van der Waals surface area contributed by atoms with Crippen molar-refractivity contribution in [2.75, 3.05) is 13.1 Å². The summed E-state index contributed by atoms with van der Waals surface area (Å²) in [5.74, 6) is 0.784.